The number of allylic oxidation sites excluding steroid dienone is 5. The molecule has 0 unspecified atom stereocenters. The highest BCUT2D eigenvalue weighted by Gasteiger charge is 2.11. The molecule has 0 bridgehead atoms. The Bertz CT molecular complexity index is 1040. The van der Waals surface area contributed by atoms with E-state index in [2.05, 4.69) is 51.2 Å². The van der Waals surface area contributed by atoms with E-state index in [1.54, 1.807) is 17.4 Å². The standard InChI is InChI=1S/C30H40N2O3S/c1-23(2)9-7-10-24(3)11-8-12-25(4)20-22-36-29-14-6-5-13-28(29)30(33)31-27-17-15-26(16-18-27)19-21-35-32-34/h5-6,9,11,13-18,20,32,34H,7-8,10,12,19,21-22H2,1-4H3,(H,31,33). The second-order valence-corrected chi connectivity index (χ2v) is 10.2. The van der Waals surface area contributed by atoms with Crippen molar-refractivity contribution in [2.45, 2.75) is 64.7 Å². The molecule has 194 valence electrons. The quantitative estimate of drug-likeness (QED) is 0.0987. The van der Waals surface area contributed by atoms with Crippen molar-refractivity contribution in [3.8, 4) is 0 Å². The summed E-state index contributed by atoms with van der Waals surface area (Å²) >= 11 is 1.68. The minimum absolute atomic E-state index is 0.118. The third-order valence-electron chi connectivity index (χ3n) is 5.69. The number of amides is 1. The number of anilines is 1. The maximum Gasteiger partial charge on any atom is 0.256 e. The molecule has 0 radical (unpaired) electrons. The van der Waals surface area contributed by atoms with Crippen LogP contribution in [0.2, 0.25) is 0 Å². The van der Waals surface area contributed by atoms with Gasteiger partial charge in [0.1, 0.15) is 0 Å². The number of hydrogen-bond donors (Lipinski definition) is 3. The second kappa shape index (κ2) is 16.9. The van der Waals surface area contributed by atoms with Crippen molar-refractivity contribution >= 4 is 23.4 Å². The molecule has 0 aliphatic carbocycles. The first kappa shape index (κ1) is 29.6. The Balaban J connectivity index is 1.85. The molecule has 3 N–H and O–H groups in total. The van der Waals surface area contributed by atoms with E-state index in [4.69, 9.17) is 10.0 Å². The van der Waals surface area contributed by atoms with E-state index in [-0.39, 0.29) is 5.91 Å². The number of hydrogen-bond acceptors (Lipinski definition) is 5. The van der Waals surface area contributed by atoms with Crippen LogP contribution in [0.5, 0.6) is 0 Å². The molecule has 36 heavy (non-hydrogen) atoms. The minimum Gasteiger partial charge on any atom is -0.322 e. The first-order valence-electron chi connectivity index (χ1n) is 12.5. The van der Waals surface area contributed by atoms with Crippen LogP contribution < -0.4 is 11.0 Å². The zero-order chi connectivity index (χ0) is 26.2. The number of carbonyl (C=O) groups excluding carboxylic acids is 1. The zero-order valence-electron chi connectivity index (χ0n) is 22.0. The van der Waals surface area contributed by atoms with Gasteiger partial charge in [-0.05, 0) is 89.6 Å². The molecule has 0 saturated carbocycles. The SMILES string of the molecule is CC(C)=CCCC(C)=CCCC(C)=CCSc1ccccc1C(=O)Nc1ccc(CCONO)cc1. The van der Waals surface area contributed by atoms with Crippen LogP contribution in [0.3, 0.4) is 0 Å². The van der Waals surface area contributed by atoms with E-state index in [0.29, 0.717) is 18.6 Å². The third kappa shape index (κ3) is 11.9. The normalized spacial score (nSPS) is 11.9. The molecule has 2 rings (SSSR count). The van der Waals surface area contributed by atoms with Crippen molar-refractivity contribution in [2.24, 2.45) is 0 Å². The minimum atomic E-state index is -0.118. The highest BCUT2D eigenvalue weighted by molar-refractivity contribution is 7.99. The molecule has 0 aliphatic heterocycles. The molecular formula is C30H40N2O3S. The van der Waals surface area contributed by atoms with Crippen LogP contribution in [0.4, 0.5) is 5.69 Å². The molecule has 0 fully saturated rings. The van der Waals surface area contributed by atoms with Gasteiger partial charge in [-0.1, -0.05) is 64.9 Å². The van der Waals surface area contributed by atoms with Gasteiger partial charge >= 0.3 is 0 Å². The monoisotopic (exact) mass is 508 g/mol. The first-order valence-corrected chi connectivity index (χ1v) is 13.4. The Labute approximate surface area is 220 Å². The topological polar surface area (TPSA) is 70.6 Å². The lowest BCUT2D eigenvalue weighted by Gasteiger charge is -2.10. The number of benzene rings is 2. The molecule has 6 heteroatoms. The van der Waals surface area contributed by atoms with Gasteiger partial charge in [-0.25, -0.2) is 0 Å². The summed E-state index contributed by atoms with van der Waals surface area (Å²) in [4.78, 5) is 18.6. The van der Waals surface area contributed by atoms with E-state index < -0.39 is 0 Å². The molecule has 2 aromatic rings. The van der Waals surface area contributed by atoms with Gasteiger partial charge in [0.2, 0.25) is 0 Å². The van der Waals surface area contributed by atoms with Crippen molar-refractivity contribution in [3.05, 3.63) is 94.6 Å². The summed E-state index contributed by atoms with van der Waals surface area (Å²) in [6, 6.07) is 15.3. The van der Waals surface area contributed by atoms with Gasteiger partial charge in [0.15, 0.2) is 0 Å². The Morgan fingerprint density at radius 3 is 2.28 bits per heavy atom. The van der Waals surface area contributed by atoms with Crippen LogP contribution in [-0.4, -0.2) is 23.5 Å². The summed E-state index contributed by atoms with van der Waals surface area (Å²) in [7, 11) is 0. The maximum atomic E-state index is 12.9. The smallest absolute Gasteiger partial charge is 0.256 e. The molecule has 0 atom stereocenters. The van der Waals surface area contributed by atoms with E-state index >= 15 is 0 Å². The Hall–Kier alpha value is -2.64. The summed E-state index contributed by atoms with van der Waals surface area (Å²) in [5.41, 5.74) is 8.35. The van der Waals surface area contributed by atoms with E-state index in [1.807, 2.05) is 48.5 Å². The number of nitrogens with one attached hydrogen (secondary N) is 2. The molecular weight excluding hydrogens is 468 g/mol. The van der Waals surface area contributed by atoms with Gasteiger partial charge < -0.3 is 5.32 Å². The molecule has 2 aromatic carbocycles. The summed E-state index contributed by atoms with van der Waals surface area (Å²) in [6.07, 6.45) is 11.9. The van der Waals surface area contributed by atoms with Crippen LogP contribution in [0.15, 0.2) is 88.4 Å². The fourth-order valence-corrected chi connectivity index (χ4v) is 4.60. The van der Waals surface area contributed by atoms with Gasteiger partial charge in [-0.15, -0.1) is 11.8 Å². The number of thioether (sulfide) groups is 1. The first-order chi connectivity index (χ1) is 17.4. The average Bonchev–Trinajstić information content (AvgIpc) is 2.85. The lowest BCUT2D eigenvalue weighted by Crippen LogP contribution is -2.13. The summed E-state index contributed by atoms with van der Waals surface area (Å²) in [5.74, 6) is 0.715. The summed E-state index contributed by atoms with van der Waals surface area (Å²) in [5, 5.41) is 11.5. The van der Waals surface area contributed by atoms with E-state index in [9.17, 15) is 4.79 Å². The molecule has 0 heterocycles. The van der Waals surface area contributed by atoms with Crippen LogP contribution >= 0.6 is 11.8 Å². The lowest BCUT2D eigenvalue weighted by molar-refractivity contribution is -0.125. The lowest BCUT2D eigenvalue weighted by atomic mass is 10.1. The maximum absolute atomic E-state index is 12.9. The molecule has 0 aromatic heterocycles. The molecule has 0 saturated heterocycles. The van der Waals surface area contributed by atoms with Gasteiger partial charge in [0, 0.05) is 16.3 Å². The van der Waals surface area contributed by atoms with Gasteiger partial charge in [-0.2, -0.15) is 0 Å². The predicted molar refractivity (Wildman–Crippen MR) is 152 cm³/mol. The number of rotatable bonds is 15. The van der Waals surface area contributed by atoms with E-state index in [0.717, 1.165) is 47.6 Å². The van der Waals surface area contributed by atoms with Crippen LogP contribution in [0, 0.1) is 0 Å². The number of carbonyl (C=O) groups is 1. The van der Waals surface area contributed by atoms with Crippen molar-refractivity contribution in [1.29, 1.82) is 0 Å². The second-order valence-electron chi connectivity index (χ2n) is 9.11. The highest BCUT2D eigenvalue weighted by Crippen LogP contribution is 2.25. The van der Waals surface area contributed by atoms with Crippen molar-refractivity contribution in [3.63, 3.8) is 0 Å². The van der Waals surface area contributed by atoms with Crippen molar-refractivity contribution < 1.29 is 14.8 Å². The van der Waals surface area contributed by atoms with Crippen molar-refractivity contribution in [1.82, 2.24) is 5.64 Å². The molecule has 0 spiro atoms. The Kier molecular flexibility index (Phi) is 13.9. The van der Waals surface area contributed by atoms with Gasteiger partial charge in [0.05, 0.1) is 12.2 Å². The Morgan fingerprint density at radius 1 is 0.917 bits per heavy atom. The summed E-state index contributed by atoms with van der Waals surface area (Å²) in [6.45, 7) is 9.05. The molecule has 1 amide bonds. The van der Waals surface area contributed by atoms with Crippen LogP contribution in [0.1, 0.15) is 69.3 Å². The molecule has 5 nitrogen and oxygen atoms in total. The third-order valence-corrected chi connectivity index (χ3v) is 6.69. The summed E-state index contributed by atoms with van der Waals surface area (Å²) < 4.78 is 0. The van der Waals surface area contributed by atoms with Crippen molar-refractivity contribution in [2.75, 3.05) is 17.7 Å². The fourth-order valence-electron chi connectivity index (χ4n) is 3.56. The highest BCUT2D eigenvalue weighted by atomic mass is 32.2. The predicted octanol–water partition coefficient (Wildman–Crippen LogP) is 7.90. The largest absolute Gasteiger partial charge is 0.322 e. The van der Waals surface area contributed by atoms with Crippen LogP contribution in [-0.2, 0) is 11.3 Å². The van der Waals surface area contributed by atoms with Crippen LogP contribution in [0.25, 0.3) is 0 Å². The van der Waals surface area contributed by atoms with Gasteiger partial charge in [0.25, 0.3) is 5.91 Å². The van der Waals surface area contributed by atoms with Gasteiger partial charge in [-0.3, -0.25) is 14.8 Å². The zero-order valence-corrected chi connectivity index (χ0v) is 22.8. The average molecular weight is 509 g/mol. The van der Waals surface area contributed by atoms with E-state index in [1.165, 1.54) is 16.7 Å². The molecule has 0 aliphatic rings. The fraction of sp³-hybridized carbons (Fsp3) is 0.367. The Morgan fingerprint density at radius 2 is 1.58 bits per heavy atom.